The Morgan fingerprint density at radius 3 is 2.50 bits per heavy atom. The van der Waals surface area contributed by atoms with E-state index in [0.717, 1.165) is 22.5 Å². The Bertz CT molecular complexity index is 1250. The Morgan fingerprint density at radius 2 is 1.92 bits per heavy atom. The molecule has 9 nitrogen and oxygen atoms in total. The first-order valence-electron chi connectivity index (χ1n) is 11.5. The van der Waals surface area contributed by atoms with Crippen molar-refractivity contribution < 1.29 is 38.1 Å². The molecule has 0 unspecified atom stereocenters. The monoisotopic (exact) mass is 531 g/mol. The predicted octanol–water partition coefficient (Wildman–Crippen LogP) is 3.96. The minimum Gasteiger partial charge on any atom is -0.495 e. The first kappa shape index (κ1) is 30.0. The van der Waals surface area contributed by atoms with Crippen molar-refractivity contribution in [2.24, 2.45) is 0 Å². The number of carboxylic acid groups (broad SMARTS) is 1. The number of aliphatic carboxylic acids is 1. The summed E-state index contributed by atoms with van der Waals surface area (Å²) in [6, 6.07) is 13.2. The van der Waals surface area contributed by atoms with Gasteiger partial charge >= 0.3 is 11.9 Å². The van der Waals surface area contributed by atoms with Crippen LogP contribution in [-0.2, 0) is 16.1 Å². The average molecular weight is 532 g/mol. The number of aliphatic hydroxyl groups excluding tert-OH is 1. The summed E-state index contributed by atoms with van der Waals surface area (Å²) in [5.74, 6) is -4.43. The number of benzene rings is 2. The molecular weight excluding hydrogens is 500 g/mol. The van der Waals surface area contributed by atoms with Gasteiger partial charge in [-0.3, -0.25) is 4.79 Å². The van der Waals surface area contributed by atoms with E-state index in [0.29, 0.717) is 25.0 Å². The maximum atomic E-state index is 12.6. The lowest BCUT2D eigenvalue weighted by atomic mass is 10.1. The summed E-state index contributed by atoms with van der Waals surface area (Å²) in [5, 5.41) is 16.4. The van der Waals surface area contributed by atoms with E-state index in [9.17, 15) is 18.4 Å². The maximum Gasteiger partial charge on any atom is 0.374 e. The molecule has 0 bridgehead atoms. The van der Waals surface area contributed by atoms with Crippen molar-refractivity contribution in [3.63, 3.8) is 0 Å². The smallest absolute Gasteiger partial charge is 0.374 e. The highest BCUT2D eigenvalue weighted by atomic mass is 19.3. The van der Waals surface area contributed by atoms with Gasteiger partial charge in [0.2, 0.25) is 5.91 Å². The molecule has 0 atom stereocenters. The van der Waals surface area contributed by atoms with Crippen LogP contribution in [-0.4, -0.2) is 69.8 Å². The zero-order chi connectivity index (χ0) is 28.3. The van der Waals surface area contributed by atoms with Crippen molar-refractivity contribution in [2.75, 3.05) is 27.4 Å². The molecule has 1 amide bonds. The van der Waals surface area contributed by atoms with Gasteiger partial charge in [0.1, 0.15) is 18.1 Å². The molecule has 0 saturated carbocycles. The maximum absolute atomic E-state index is 12.6. The first-order valence-corrected chi connectivity index (χ1v) is 11.5. The summed E-state index contributed by atoms with van der Waals surface area (Å²) in [6.07, 6.45) is 6.98. The number of amides is 1. The molecule has 1 aromatic heterocycles. The molecule has 0 aliphatic heterocycles. The van der Waals surface area contributed by atoms with Crippen LogP contribution in [0.25, 0.3) is 11.8 Å². The summed E-state index contributed by atoms with van der Waals surface area (Å²) >= 11 is 0. The van der Waals surface area contributed by atoms with Gasteiger partial charge in [-0.15, -0.1) is 0 Å². The van der Waals surface area contributed by atoms with E-state index in [4.69, 9.17) is 19.7 Å². The van der Waals surface area contributed by atoms with Crippen molar-refractivity contribution in [2.45, 2.75) is 26.3 Å². The minimum absolute atomic E-state index is 0.0405. The topological polar surface area (TPSA) is 114 Å². The standard InChI is InChI=1S/C24H27N3O4.C3H4F2O2/c1-18-15-27(17-25-18)22-9-7-19(14-23(22)30-3)8-10-24(29)26(2)16-20-5-4-6-21(13-20)31-12-11-28;1-3(4,5)2(6)7/h4-10,13-15,17,28H,11-12,16H2,1-3H3;1H3,(H,6,7)/b10-8+;. The molecule has 2 aromatic carbocycles. The van der Waals surface area contributed by atoms with Gasteiger partial charge in [-0.1, -0.05) is 18.2 Å². The van der Waals surface area contributed by atoms with Crippen LogP contribution in [0.5, 0.6) is 11.5 Å². The van der Waals surface area contributed by atoms with E-state index in [1.54, 1.807) is 37.5 Å². The van der Waals surface area contributed by atoms with E-state index in [1.807, 2.05) is 60.2 Å². The summed E-state index contributed by atoms with van der Waals surface area (Å²) < 4.78 is 35.3. The number of carbonyl (C=O) groups is 2. The Morgan fingerprint density at radius 1 is 1.21 bits per heavy atom. The van der Waals surface area contributed by atoms with Crippen LogP contribution in [0.2, 0.25) is 0 Å². The van der Waals surface area contributed by atoms with Gasteiger partial charge < -0.3 is 29.2 Å². The SMILES string of the molecule is CC(F)(F)C(=O)O.COc1cc(/C=C/C(=O)N(C)Cc2cccc(OCCO)c2)ccc1-n1cnc(C)c1. The van der Waals surface area contributed by atoms with Gasteiger partial charge in [-0.05, 0) is 48.4 Å². The van der Waals surface area contributed by atoms with Gasteiger partial charge in [0, 0.05) is 32.8 Å². The number of halogens is 2. The normalized spacial score (nSPS) is 11.0. The number of hydrogen-bond acceptors (Lipinski definition) is 6. The van der Waals surface area contributed by atoms with Crippen molar-refractivity contribution in [3.05, 3.63) is 77.9 Å². The van der Waals surface area contributed by atoms with Crippen LogP contribution >= 0.6 is 0 Å². The van der Waals surface area contributed by atoms with Gasteiger partial charge in [-0.25, -0.2) is 9.78 Å². The van der Waals surface area contributed by atoms with E-state index in [2.05, 4.69) is 4.98 Å². The minimum atomic E-state index is -3.58. The molecule has 0 spiro atoms. The number of alkyl halides is 2. The van der Waals surface area contributed by atoms with E-state index < -0.39 is 11.9 Å². The number of aliphatic hydroxyl groups is 1. The predicted molar refractivity (Wildman–Crippen MR) is 138 cm³/mol. The van der Waals surface area contributed by atoms with Crippen molar-refractivity contribution in [1.82, 2.24) is 14.5 Å². The second-order valence-corrected chi connectivity index (χ2v) is 8.29. The summed E-state index contributed by atoms with van der Waals surface area (Å²) in [5.41, 5.74) is 3.61. The summed E-state index contributed by atoms with van der Waals surface area (Å²) in [7, 11) is 3.37. The molecule has 11 heteroatoms. The number of imidazole rings is 1. The number of nitrogens with zero attached hydrogens (tertiary/aromatic N) is 3. The third kappa shape index (κ3) is 9.32. The van der Waals surface area contributed by atoms with Crippen LogP contribution in [0.4, 0.5) is 8.78 Å². The number of aryl methyl sites for hydroxylation is 1. The first-order chi connectivity index (χ1) is 17.9. The van der Waals surface area contributed by atoms with Gasteiger partial charge in [-0.2, -0.15) is 8.78 Å². The van der Waals surface area contributed by atoms with Crippen LogP contribution in [0, 0.1) is 6.92 Å². The van der Waals surface area contributed by atoms with E-state index in [-0.39, 0.29) is 19.1 Å². The number of carbonyl (C=O) groups excluding carboxylic acids is 1. The summed E-state index contributed by atoms with van der Waals surface area (Å²) in [6.45, 7) is 2.91. The van der Waals surface area contributed by atoms with Crippen LogP contribution in [0.3, 0.4) is 0 Å². The van der Waals surface area contributed by atoms with Gasteiger partial charge in [0.15, 0.2) is 0 Å². The fourth-order valence-electron chi connectivity index (χ4n) is 3.11. The molecular formula is C27H31F2N3O6. The van der Waals surface area contributed by atoms with E-state index >= 15 is 0 Å². The largest absolute Gasteiger partial charge is 0.495 e. The van der Waals surface area contributed by atoms with Crippen LogP contribution < -0.4 is 9.47 Å². The van der Waals surface area contributed by atoms with Crippen molar-refractivity contribution in [1.29, 1.82) is 0 Å². The molecule has 3 rings (SSSR count). The second-order valence-electron chi connectivity index (χ2n) is 8.29. The molecule has 2 N–H and O–H groups in total. The Hall–Kier alpha value is -4.25. The molecule has 0 fully saturated rings. The fraction of sp³-hybridized carbons (Fsp3) is 0.296. The highest BCUT2D eigenvalue weighted by molar-refractivity contribution is 5.91. The van der Waals surface area contributed by atoms with Crippen LogP contribution in [0.1, 0.15) is 23.7 Å². The fourth-order valence-corrected chi connectivity index (χ4v) is 3.11. The highest BCUT2D eigenvalue weighted by Crippen LogP contribution is 2.25. The number of aromatic nitrogens is 2. The Kier molecular flexibility index (Phi) is 11.0. The summed E-state index contributed by atoms with van der Waals surface area (Å²) in [4.78, 5) is 27.7. The van der Waals surface area contributed by atoms with Gasteiger partial charge in [0.05, 0.1) is 31.4 Å². The highest BCUT2D eigenvalue weighted by Gasteiger charge is 2.31. The lowest BCUT2D eigenvalue weighted by Crippen LogP contribution is -2.24. The number of rotatable bonds is 10. The number of carboxylic acids is 1. The average Bonchev–Trinajstić information content (AvgIpc) is 3.31. The molecule has 3 aromatic rings. The molecule has 38 heavy (non-hydrogen) atoms. The third-order valence-corrected chi connectivity index (χ3v) is 5.04. The molecule has 0 radical (unpaired) electrons. The van der Waals surface area contributed by atoms with Gasteiger partial charge in [0.25, 0.3) is 0 Å². The van der Waals surface area contributed by atoms with Crippen molar-refractivity contribution in [3.8, 4) is 17.2 Å². The molecule has 1 heterocycles. The lowest BCUT2D eigenvalue weighted by molar-refractivity contribution is -0.161. The molecule has 0 aliphatic carbocycles. The second kappa shape index (κ2) is 13.9. The number of hydrogen-bond donors (Lipinski definition) is 2. The van der Waals surface area contributed by atoms with Crippen LogP contribution in [0.15, 0.2) is 61.1 Å². The zero-order valence-corrected chi connectivity index (χ0v) is 21.6. The van der Waals surface area contributed by atoms with Crippen molar-refractivity contribution >= 4 is 18.0 Å². The Balaban J connectivity index is 0.000000638. The molecule has 204 valence electrons. The lowest BCUT2D eigenvalue weighted by Gasteiger charge is -2.16. The zero-order valence-electron chi connectivity index (χ0n) is 21.6. The third-order valence-electron chi connectivity index (χ3n) is 5.04. The molecule has 0 aliphatic rings. The number of ether oxygens (including phenoxy) is 2. The quantitative estimate of drug-likeness (QED) is 0.381. The molecule has 0 saturated heterocycles. The number of methoxy groups -OCH3 is 1. The Labute approximate surface area is 219 Å². The van der Waals surface area contributed by atoms with E-state index in [1.165, 1.54) is 0 Å². The number of likely N-dealkylation sites (N-methyl/N-ethyl adjacent to an activating group) is 1.